The minimum atomic E-state index is -0.195. The lowest BCUT2D eigenvalue weighted by molar-refractivity contribution is -0.132. The van der Waals surface area contributed by atoms with E-state index in [4.69, 9.17) is 4.74 Å². The fourth-order valence-electron chi connectivity index (χ4n) is 4.49. The molecule has 2 aromatic rings. The second kappa shape index (κ2) is 10.8. The molecule has 7 heteroatoms. The first kappa shape index (κ1) is 22.6. The molecular formula is C25H33FN4O2. The van der Waals surface area contributed by atoms with Crippen LogP contribution in [0.4, 0.5) is 10.1 Å². The van der Waals surface area contributed by atoms with Crippen molar-refractivity contribution >= 4 is 11.6 Å². The van der Waals surface area contributed by atoms with Crippen molar-refractivity contribution in [3.05, 3.63) is 59.9 Å². The number of hydrogen-bond acceptors (Lipinski definition) is 5. The zero-order chi connectivity index (χ0) is 22.3. The van der Waals surface area contributed by atoms with Gasteiger partial charge in [0.1, 0.15) is 11.6 Å². The first-order chi connectivity index (χ1) is 15.6. The summed E-state index contributed by atoms with van der Waals surface area (Å²) in [6.45, 7) is 8.30. The van der Waals surface area contributed by atoms with Crippen molar-refractivity contribution < 1.29 is 13.9 Å². The van der Waals surface area contributed by atoms with Crippen molar-refractivity contribution in [2.24, 2.45) is 0 Å². The molecule has 0 aromatic heterocycles. The Hall–Kier alpha value is -2.64. The summed E-state index contributed by atoms with van der Waals surface area (Å²) < 4.78 is 18.4. The number of nitrogens with zero attached hydrogens (tertiary/aromatic N) is 4. The average Bonchev–Trinajstić information content (AvgIpc) is 3.05. The number of piperazine rings is 1. The van der Waals surface area contributed by atoms with Gasteiger partial charge in [-0.05, 0) is 61.5 Å². The molecule has 2 aromatic carbocycles. The summed E-state index contributed by atoms with van der Waals surface area (Å²) in [4.78, 5) is 21.9. The van der Waals surface area contributed by atoms with Gasteiger partial charge >= 0.3 is 0 Å². The summed E-state index contributed by atoms with van der Waals surface area (Å²) in [6, 6.07) is 14.9. The van der Waals surface area contributed by atoms with Gasteiger partial charge in [0.05, 0.1) is 13.7 Å². The van der Waals surface area contributed by atoms with Gasteiger partial charge in [0.15, 0.2) is 0 Å². The van der Waals surface area contributed by atoms with Crippen molar-refractivity contribution in [3.63, 3.8) is 0 Å². The molecule has 1 amide bonds. The number of anilines is 1. The summed E-state index contributed by atoms with van der Waals surface area (Å²) >= 11 is 0. The lowest BCUT2D eigenvalue weighted by Gasteiger charge is -2.37. The molecule has 6 nitrogen and oxygen atoms in total. The highest BCUT2D eigenvalue weighted by Crippen LogP contribution is 2.20. The Balaban J connectivity index is 1.21. The number of benzene rings is 2. The monoisotopic (exact) mass is 440 g/mol. The van der Waals surface area contributed by atoms with Crippen molar-refractivity contribution in [2.75, 3.05) is 70.9 Å². The van der Waals surface area contributed by atoms with Crippen LogP contribution in [0.25, 0.3) is 0 Å². The van der Waals surface area contributed by atoms with E-state index in [0.717, 1.165) is 76.6 Å². The molecule has 0 unspecified atom stereocenters. The number of methoxy groups -OCH3 is 1. The Morgan fingerprint density at radius 2 is 1.50 bits per heavy atom. The van der Waals surface area contributed by atoms with Gasteiger partial charge in [-0.2, -0.15) is 0 Å². The van der Waals surface area contributed by atoms with Crippen molar-refractivity contribution in [1.29, 1.82) is 0 Å². The van der Waals surface area contributed by atoms with Crippen LogP contribution in [0.2, 0.25) is 0 Å². The average molecular weight is 441 g/mol. The number of halogens is 1. The standard InChI is InChI=1S/C25H33FN4O2/c1-32-24-9-7-23(8-10-24)29-15-17-30(18-16-29)25(31)20-28-12-2-11-27(13-14-28)19-21-3-5-22(26)6-4-21/h3-10H,2,11-20H2,1H3. The van der Waals surface area contributed by atoms with Gasteiger partial charge in [-0.15, -0.1) is 0 Å². The van der Waals surface area contributed by atoms with E-state index in [1.807, 2.05) is 29.2 Å². The summed E-state index contributed by atoms with van der Waals surface area (Å²) in [5.74, 6) is 0.891. The smallest absolute Gasteiger partial charge is 0.236 e. The van der Waals surface area contributed by atoms with Crippen LogP contribution in [-0.4, -0.2) is 86.6 Å². The molecule has 0 atom stereocenters. The van der Waals surface area contributed by atoms with E-state index in [2.05, 4.69) is 26.8 Å². The van der Waals surface area contributed by atoms with Crippen LogP contribution in [0.15, 0.2) is 48.5 Å². The Morgan fingerprint density at radius 1 is 0.844 bits per heavy atom. The van der Waals surface area contributed by atoms with Crippen LogP contribution in [0.1, 0.15) is 12.0 Å². The normalized spacial score (nSPS) is 18.4. The van der Waals surface area contributed by atoms with Crippen molar-refractivity contribution in [2.45, 2.75) is 13.0 Å². The molecular weight excluding hydrogens is 407 g/mol. The molecule has 4 rings (SSSR count). The minimum absolute atomic E-state index is 0.195. The molecule has 0 aliphatic carbocycles. The highest BCUT2D eigenvalue weighted by atomic mass is 19.1. The van der Waals surface area contributed by atoms with Crippen LogP contribution in [0.5, 0.6) is 5.75 Å². The quantitative estimate of drug-likeness (QED) is 0.691. The van der Waals surface area contributed by atoms with E-state index in [1.54, 1.807) is 7.11 Å². The van der Waals surface area contributed by atoms with Crippen LogP contribution in [-0.2, 0) is 11.3 Å². The molecule has 0 saturated carbocycles. The number of amides is 1. The van der Waals surface area contributed by atoms with Crippen LogP contribution >= 0.6 is 0 Å². The Kier molecular flexibility index (Phi) is 7.60. The topological polar surface area (TPSA) is 39.3 Å². The van der Waals surface area contributed by atoms with Gasteiger partial charge < -0.3 is 14.5 Å². The maximum absolute atomic E-state index is 13.1. The first-order valence-electron chi connectivity index (χ1n) is 11.5. The number of ether oxygens (including phenoxy) is 1. The molecule has 0 bridgehead atoms. The summed E-state index contributed by atoms with van der Waals surface area (Å²) in [5.41, 5.74) is 2.30. The summed E-state index contributed by atoms with van der Waals surface area (Å²) in [5, 5.41) is 0. The van der Waals surface area contributed by atoms with Crippen LogP contribution < -0.4 is 9.64 Å². The molecule has 2 fully saturated rings. The van der Waals surface area contributed by atoms with Gasteiger partial charge in [-0.1, -0.05) is 12.1 Å². The Labute approximate surface area is 190 Å². The summed E-state index contributed by atoms with van der Waals surface area (Å²) in [7, 11) is 1.67. The van der Waals surface area contributed by atoms with Crippen molar-refractivity contribution in [3.8, 4) is 5.75 Å². The van der Waals surface area contributed by atoms with Crippen LogP contribution in [0.3, 0.4) is 0 Å². The lowest BCUT2D eigenvalue weighted by Crippen LogP contribution is -2.51. The molecule has 172 valence electrons. The zero-order valence-corrected chi connectivity index (χ0v) is 18.9. The van der Waals surface area contributed by atoms with Gasteiger partial charge in [-0.25, -0.2) is 4.39 Å². The minimum Gasteiger partial charge on any atom is -0.497 e. The molecule has 0 radical (unpaired) electrons. The maximum Gasteiger partial charge on any atom is 0.236 e. The first-order valence-corrected chi connectivity index (χ1v) is 11.5. The SMILES string of the molecule is COc1ccc(N2CCN(C(=O)CN3CCCN(Cc4ccc(F)cc4)CC3)CC2)cc1. The fourth-order valence-corrected chi connectivity index (χ4v) is 4.49. The fraction of sp³-hybridized carbons (Fsp3) is 0.480. The van der Waals surface area contributed by atoms with Crippen LogP contribution in [0, 0.1) is 5.82 Å². The molecule has 2 heterocycles. The van der Waals surface area contributed by atoms with E-state index >= 15 is 0 Å². The van der Waals surface area contributed by atoms with E-state index < -0.39 is 0 Å². The van der Waals surface area contributed by atoms with Gasteiger partial charge in [0, 0.05) is 51.5 Å². The second-order valence-electron chi connectivity index (χ2n) is 8.60. The third-order valence-electron chi connectivity index (χ3n) is 6.43. The Bertz CT molecular complexity index is 867. The molecule has 2 saturated heterocycles. The van der Waals surface area contributed by atoms with Gasteiger partial charge in [-0.3, -0.25) is 14.6 Å². The molecule has 0 N–H and O–H groups in total. The predicted molar refractivity (Wildman–Crippen MR) is 125 cm³/mol. The maximum atomic E-state index is 13.1. The third-order valence-corrected chi connectivity index (χ3v) is 6.43. The second-order valence-corrected chi connectivity index (χ2v) is 8.60. The predicted octanol–water partition coefficient (Wildman–Crippen LogP) is 2.69. The zero-order valence-electron chi connectivity index (χ0n) is 18.9. The highest BCUT2D eigenvalue weighted by molar-refractivity contribution is 5.78. The molecule has 2 aliphatic heterocycles. The van der Waals surface area contributed by atoms with E-state index in [9.17, 15) is 9.18 Å². The van der Waals surface area contributed by atoms with E-state index in [0.29, 0.717) is 6.54 Å². The van der Waals surface area contributed by atoms with Gasteiger partial charge in [0.2, 0.25) is 5.91 Å². The number of rotatable bonds is 6. The third kappa shape index (κ3) is 5.99. The van der Waals surface area contributed by atoms with E-state index in [1.165, 1.54) is 17.8 Å². The number of carbonyl (C=O) groups excluding carboxylic acids is 1. The molecule has 2 aliphatic rings. The van der Waals surface area contributed by atoms with E-state index in [-0.39, 0.29) is 11.7 Å². The summed E-state index contributed by atoms with van der Waals surface area (Å²) in [6.07, 6.45) is 1.04. The molecule has 32 heavy (non-hydrogen) atoms. The largest absolute Gasteiger partial charge is 0.497 e. The Morgan fingerprint density at radius 3 is 2.19 bits per heavy atom. The number of carbonyl (C=O) groups is 1. The van der Waals surface area contributed by atoms with Gasteiger partial charge in [0.25, 0.3) is 0 Å². The lowest BCUT2D eigenvalue weighted by atomic mass is 10.2. The van der Waals surface area contributed by atoms with Crippen molar-refractivity contribution in [1.82, 2.24) is 14.7 Å². The number of hydrogen-bond donors (Lipinski definition) is 0. The highest BCUT2D eigenvalue weighted by Gasteiger charge is 2.24. The molecule has 0 spiro atoms.